The maximum Gasteiger partial charge on any atom is 0.137 e. The highest BCUT2D eigenvalue weighted by molar-refractivity contribution is 5.47. The molecule has 0 bridgehead atoms. The molecular weight excluding hydrogens is 238 g/mol. The van der Waals surface area contributed by atoms with Gasteiger partial charge in [0, 0.05) is 26.0 Å². The summed E-state index contributed by atoms with van der Waals surface area (Å²) in [5.74, 6) is 0.720. The van der Waals surface area contributed by atoms with Crippen LogP contribution in [-0.4, -0.2) is 26.2 Å². The van der Waals surface area contributed by atoms with E-state index in [1.165, 1.54) is 0 Å². The Hall–Kier alpha value is -2.07. The maximum atomic E-state index is 6.26. The molecule has 0 saturated heterocycles. The van der Waals surface area contributed by atoms with Gasteiger partial charge in [-0.1, -0.05) is 12.1 Å². The van der Waals surface area contributed by atoms with Gasteiger partial charge in [0.05, 0.1) is 19.3 Å². The molecule has 19 heavy (non-hydrogen) atoms. The highest BCUT2D eigenvalue weighted by Gasteiger charge is 2.10. The molecule has 1 aromatic heterocycles. The summed E-state index contributed by atoms with van der Waals surface area (Å²) in [6.07, 6.45) is 3.44. The minimum absolute atomic E-state index is 0.196. The van der Waals surface area contributed by atoms with E-state index < -0.39 is 0 Å². The van der Waals surface area contributed by atoms with Gasteiger partial charge in [-0.05, 0) is 29.3 Å². The summed E-state index contributed by atoms with van der Waals surface area (Å²) in [6.45, 7) is 0. The van der Waals surface area contributed by atoms with Crippen LogP contribution in [0.3, 0.4) is 0 Å². The molecule has 1 aromatic carbocycles. The van der Waals surface area contributed by atoms with E-state index in [0.717, 1.165) is 22.6 Å². The summed E-state index contributed by atoms with van der Waals surface area (Å²) < 4.78 is 5.17. The number of anilines is 1. The first-order valence-corrected chi connectivity index (χ1v) is 6.13. The van der Waals surface area contributed by atoms with Gasteiger partial charge in [-0.25, -0.2) is 0 Å². The van der Waals surface area contributed by atoms with Crippen LogP contribution in [0.5, 0.6) is 5.75 Å². The van der Waals surface area contributed by atoms with E-state index in [0.29, 0.717) is 0 Å². The molecular formula is C15H19N3O. The first-order chi connectivity index (χ1) is 9.11. The first-order valence-electron chi connectivity index (χ1n) is 6.13. The quantitative estimate of drug-likeness (QED) is 0.912. The molecule has 0 spiro atoms. The van der Waals surface area contributed by atoms with Crippen LogP contribution < -0.4 is 15.4 Å². The van der Waals surface area contributed by atoms with Crippen LogP contribution in [0.25, 0.3) is 0 Å². The Labute approximate surface area is 113 Å². The van der Waals surface area contributed by atoms with Crippen molar-refractivity contribution in [3.05, 3.63) is 53.9 Å². The minimum Gasteiger partial charge on any atom is -0.495 e. The molecule has 0 fully saturated rings. The lowest BCUT2D eigenvalue weighted by atomic mass is 10.0. The standard InChI is InChI=1S/C15H19N3O/c1-18(2)13-6-4-11(5-7-13)15(16)12-8-14(19-3)10-17-9-12/h4-10,15H,16H2,1-3H3. The first kappa shape index (κ1) is 13.4. The second-order valence-electron chi connectivity index (χ2n) is 4.62. The number of aromatic nitrogens is 1. The molecule has 0 aliphatic heterocycles. The Kier molecular flexibility index (Phi) is 4.02. The van der Waals surface area contributed by atoms with Crippen LogP contribution in [-0.2, 0) is 0 Å². The molecule has 100 valence electrons. The molecule has 1 atom stereocenters. The molecule has 0 aliphatic rings. The van der Waals surface area contributed by atoms with E-state index in [9.17, 15) is 0 Å². The number of hydrogen-bond acceptors (Lipinski definition) is 4. The fourth-order valence-electron chi connectivity index (χ4n) is 1.89. The van der Waals surface area contributed by atoms with Crippen LogP contribution in [0.4, 0.5) is 5.69 Å². The van der Waals surface area contributed by atoms with Crippen molar-refractivity contribution in [2.75, 3.05) is 26.1 Å². The lowest BCUT2D eigenvalue weighted by Gasteiger charge is -2.16. The monoisotopic (exact) mass is 257 g/mol. The van der Waals surface area contributed by atoms with E-state index in [2.05, 4.69) is 22.0 Å². The summed E-state index contributed by atoms with van der Waals surface area (Å²) in [4.78, 5) is 6.19. The molecule has 0 aliphatic carbocycles. The highest BCUT2D eigenvalue weighted by Crippen LogP contribution is 2.23. The molecule has 0 saturated carbocycles. The second-order valence-corrected chi connectivity index (χ2v) is 4.62. The van der Waals surface area contributed by atoms with Crippen molar-refractivity contribution >= 4 is 5.69 Å². The largest absolute Gasteiger partial charge is 0.495 e. The van der Waals surface area contributed by atoms with Crippen LogP contribution >= 0.6 is 0 Å². The number of pyridine rings is 1. The van der Waals surface area contributed by atoms with Crippen molar-refractivity contribution in [2.24, 2.45) is 5.73 Å². The van der Waals surface area contributed by atoms with E-state index in [1.807, 2.05) is 32.3 Å². The predicted molar refractivity (Wildman–Crippen MR) is 77.6 cm³/mol. The van der Waals surface area contributed by atoms with Crippen LogP contribution in [0.1, 0.15) is 17.2 Å². The third-order valence-corrected chi connectivity index (χ3v) is 3.10. The molecule has 0 amide bonds. The van der Waals surface area contributed by atoms with Crippen molar-refractivity contribution in [3.63, 3.8) is 0 Å². The number of nitrogens with two attached hydrogens (primary N) is 1. The van der Waals surface area contributed by atoms with E-state index in [1.54, 1.807) is 19.5 Å². The zero-order valence-electron chi connectivity index (χ0n) is 11.5. The topological polar surface area (TPSA) is 51.4 Å². The lowest BCUT2D eigenvalue weighted by Crippen LogP contribution is -2.13. The highest BCUT2D eigenvalue weighted by atomic mass is 16.5. The molecule has 0 radical (unpaired) electrons. The smallest absolute Gasteiger partial charge is 0.137 e. The van der Waals surface area contributed by atoms with Gasteiger partial charge in [-0.15, -0.1) is 0 Å². The van der Waals surface area contributed by atoms with Crippen LogP contribution in [0, 0.1) is 0 Å². The molecule has 2 N–H and O–H groups in total. The summed E-state index contributed by atoms with van der Waals surface area (Å²) in [6, 6.07) is 9.92. The van der Waals surface area contributed by atoms with E-state index >= 15 is 0 Å². The molecule has 2 aromatic rings. The van der Waals surface area contributed by atoms with Crippen molar-refractivity contribution in [2.45, 2.75) is 6.04 Å². The molecule has 1 unspecified atom stereocenters. The number of rotatable bonds is 4. The van der Waals surface area contributed by atoms with E-state index in [-0.39, 0.29) is 6.04 Å². The fourth-order valence-corrected chi connectivity index (χ4v) is 1.89. The van der Waals surface area contributed by atoms with E-state index in [4.69, 9.17) is 10.5 Å². The Morgan fingerprint density at radius 2 is 1.79 bits per heavy atom. The molecule has 4 heteroatoms. The second kappa shape index (κ2) is 5.71. The van der Waals surface area contributed by atoms with Crippen molar-refractivity contribution < 1.29 is 4.74 Å². The Balaban J connectivity index is 2.25. The summed E-state index contributed by atoms with van der Waals surface area (Å²) in [5, 5.41) is 0. The van der Waals surface area contributed by atoms with Gasteiger partial charge < -0.3 is 15.4 Å². The normalized spacial score (nSPS) is 12.0. The summed E-state index contributed by atoms with van der Waals surface area (Å²) in [5.41, 5.74) is 9.41. The number of methoxy groups -OCH3 is 1. The third-order valence-electron chi connectivity index (χ3n) is 3.10. The van der Waals surface area contributed by atoms with Crippen LogP contribution in [0.15, 0.2) is 42.7 Å². The fraction of sp³-hybridized carbons (Fsp3) is 0.267. The average Bonchev–Trinajstić information content (AvgIpc) is 2.46. The Morgan fingerprint density at radius 3 is 2.37 bits per heavy atom. The molecule has 4 nitrogen and oxygen atoms in total. The van der Waals surface area contributed by atoms with Crippen molar-refractivity contribution in [1.29, 1.82) is 0 Å². The number of hydrogen-bond donors (Lipinski definition) is 1. The van der Waals surface area contributed by atoms with Gasteiger partial charge in [0.1, 0.15) is 5.75 Å². The third kappa shape index (κ3) is 3.03. The van der Waals surface area contributed by atoms with Gasteiger partial charge in [-0.2, -0.15) is 0 Å². The number of ether oxygens (including phenoxy) is 1. The average molecular weight is 257 g/mol. The zero-order chi connectivity index (χ0) is 13.8. The molecule has 1 heterocycles. The van der Waals surface area contributed by atoms with Gasteiger partial charge in [-0.3, -0.25) is 4.98 Å². The van der Waals surface area contributed by atoms with Gasteiger partial charge >= 0.3 is 0 Å². The van der Waals surface area contributed by atoms with Crippen molar-refractivity contribution in [3.8, 4) is 5.75 Å². The van der Waals surface area contributed by atoms with Gasteiger partial charge in [0.2, 0.25) is 0 Å². The lowest BCUT2D eigenvalue weighted by molar-refractivity contribution is 0.412. The van der Waals surface area contributed by atoms with Gasteiger partial charge in [0.25, 0.3) is 0 Å². The van der Waals surface area contributed by atoms with Crippen molar-refractivity contribution in [1.82, 2.24) is 4.98 Å². The number of benzene rings is 1. The number of nitrogens with zero attached hydrogens (tertiary/aromatic N) is 2. The molecule has 2 rings (SSSR count). The summed E-state index contributed by atoms with van der Waals surface area (Å²) >= 11 is 0. The summed E-state index contributed by atoms with van der Waals surface area (Å²) in [7, 11) is 5.65. The Bertz CT molecular complexity index is 537. The van der Waals surface area contributed by atoms with Crippen LogP contribution in [0.2, 0.25) is 0 Å². The zero-order valence-corrected chi connectivity index (χ0v) is 11.5. The maximum absolute atomic E-state index is 6.26. The SMILES string of the molecule is COc1cncc(C(N)c2ccc(N(C)C)cc2)c1. The Morgan fingerprint density at radius 1 is 1.11 bits per heavy atom. The van der Waals surface area contributed by atoms with Gasteiger partial charge in [0.15, 0.2) is 0 Å². The minimum atomic E-state index is -0.196. The predicted octanol–water partition coefficient (Wildman–Crippen LogP) is 2.20.